The van der Waals surface area contributed by atoms with Crippen molar-refractivity contribution in [3.05, 3.63) is 12.2 Å². The molecule has 0 bridgehead atoms. The molecule has 2 unspecified atom stereocenters. The van der Waals surface area contributed by atoms with Gasteiger partial charge >= 0.3 is 18.1 Å². The summed E-state index contributed by atoms with van der Waals surface area (Å²) < 4.78 is 9.85. The van der Waals surface area contributed by atoms with Crippen molar-refractivity contribution in [1.82, 2.24) is 16.1 Å². The minimum absolute atomic E-state index is 0.0360. The van der Waals surface area contributed by atoms with Gasteiger partial charge in [-0.3, -0.25) is 5.21 Å². The number of carbonyl (C=O) groups is 3. The van der Waals surface area contributed by atoms with Gasteiger partial charge in [-0.2, -0.15) is 0 Å². The smallest absolute Gasteiger partial charge is 0.407 e. The van der Waals surface area contributed by atoms with Crippen LogP contribution in [0.2, 0.25) is 0 Å². The summed E-state index contributed by atoms with van der Waals surface area (Å²) in [7, 11) is 0. The average molecular weight is 385 g/mol. The number of amides is 3. The minimum atomic E-state index is -0.642. The normalized spacial score (nSPS) is 23.7. The lowest BCUT2D eigenvalue weighted by molar-refractivity contribution is -0.139. The Balaban J connectivity index is 2.45. The van der Waals surface area contributed by atoms with Gasteiger partial charge in [0.25, 0.3) is 0 Å². The fourth-order valence-electron chi connectivity index (χ4n) is 3.82. The van der Waals surface area contributed by atoms with E-state index in [1.807, 2.05) is 6.92 Å². The molecule has 4 N–H and O–H groups in total. The van der Waals surface area contributed by atoms with Crippen molar-refractivity contribution in [2.75, 3.05) is 19.8 Å². The Kier molecular flexibility index (Phi) is 8.08. The van der Waals surface area contributed by atoms with Crippen molar-refractivity contribution < 1.29 is 29.1 Å². The van der Waals surface area contributed by atoms with Crippen molar-refractivity contribution in [3.63, 3.8) is 0 Å². The van der Waals surface area contributed by atoms with Gasteiger partial charge in [0.1, 0.15) is 13.2 Å². The lowest BCUT2D eigenvalue weighted by atomic mass is 9.62. The van der Waals surface area contributed by atoms with Crippen LogP contribution in [0.25, 0.3) is 0 Å². The summed E-state index contributed by atoms with van der Waals surface area (Å²) in [6.45, 7) is 11.5. The summed E-state index contributed by atoms with van der Waals surface area (Å²) in [5.41, 5.74) is 1.57. The first-order chi connectivity index (χ1) is 12.5. The first-order valence-electron chi connectivity index (χ1n) is 8.90. The highest BCUT2D eigenvalue weighted by Gasteiger charge is 2.41. The molecule has 27 heavy (non-hydrogen) atoms. The molecular weight excluding hydrogens is 354 g/mol. The zero-order valence-corrected chi connectivity index (χ0v) is 16.5. The molecule has 0 aromatic rings. The number of rotatable bonds is 7. The number of esters is 1. The van der Waals surface area contributed by atoms with Gasteiger partial charge in [-0.15, -0.1) is 0 Å². The molecule has 1 aliphatic carbocycles. The Morgan fingerprint density at radius 2 is 1.78 bits per heavy atom. The Bertz CT molecular complexity index is 577. The highest BCUT2D eigenvalue weighted by atomic mass is 16.6. The fraction of sp³-hybridized carbons (Fsp3) is 0.722. The summed E-state index contributed by atoms with van der Waals surface area (Å²) in [5.74, 6) is -0.526. The van der Waals surface area contributed by atoms with E-state index in [2.05, 4.69) is 31.1 Å². The minimum Gasteiger partial charge on any atom is -0.459 e. The Morgan fingerprint density at radius 3 is 2.37 bits per heavy atom. The van der Waals surface area contributed by atoms with E-state index in [1.165, 1.54) is 6.92 Å². The van der Waals surface area contributed by atoms with Crippen molar-refractivity contribution in [2.24, 2.45) is 10.8 Å². The molecule has 1 fully saturated rings. The molecule has 3 amide bonds. The molecule has 154 valence electrons. The number of hydrogen-bond donors (Lipinski definition) is 4. The summed E-state index contributed by atoms with van der Waals surface area (Å²) in [6, 6.07) is -0.762. The number of urea groups is 1. The van der Waals surface area contributed by atoms with E-state index >= 15 is 0 Å². The molecule has 0 aromatic heterocycles. The molecule has 0 aromatic carbocycles. The quantitative estimate of drug-likeness (QED) is 0.175. The summed E-state index contributed by atoms with van der Waals surface area (Å²) in [6.07, 6.45) is 1.69. The van der Waals surface area contributed by atoms with Crippen LogP contribution >= 0.6 is 0 Å². The van der Waals surface area contributed by atoms with Gasteiger partial charge in [-0.05, 0) is 37.0 Å². The maximum atomic E-state index is 11.9. The molecule has 2 atom stereocenters. The first kappa shape index (κ1) is 22.8. The number of carbonyl (C=O) groups excluding carboxylic acids is 3. The van der Waals surface area contributed by atoms with Crippen LogP contribution in [0.3, 0.4) is 0 Å². The Labute approximate surface area is 159 Å². The van der Waals surface area contributed by atoms with Gasteiger partial charge in [0.2, 0.25) is 0 Å². The van der Waals surface area contributed by atoms with Crippen LogP contribution in [0.15, 0.2) is 12.2 Å². The molecule has 0 radical (unpaired) electrons. The van der Waals surface area contributed by atoms with Crippen LogP contribution in [0, 0.1) is 10.8 Å². The third kappa shape index (κ3) is 8.29. The molecule has 0 saturated heterocycles. The molecular formula is C18H31N3O6. The predicted molar refractivity (Wildman–Crippen MR) is 98.1 cm³/mol. The largest absolute Gasteiger partial charge is 0.459 e. The molecule has 1 rings (SSSR count). The first-order valence-corrected chi connectivity index (χ1v) is 8.90. The van der Waals surface area contributed by atoms with Crippen molar-refractivity contribution in [3.8, 4) is 0 Å². The van der Waals surface area contributed by atoms with E-state index in [9.17, 15) is 14.4 Å². The van der Waals surface area contributed by atoms with Gasteiger partial charge in [-0.1, -0.05) is 27.4 Å². The number of nitrogens with one attached hydrogen (secondary N) is 3. The standard InChI is InChI=1S/C18H31N3O6/c1-12(2)14(22)26-6-7-27-16(24)19-11-18(5)9-13(20-15(23)21-25)8-17(3,4)10-18/h13,25H,1,6-11H2,2-5H3,(H,19,24)(H2,20,21,23). The number of hydrogen-bond acceptors (Lipinski definition) is 6. The van der Waals surface area contributed by atoms with Crippen molar-refractivity contribution in [1.29, 1.82) is 0 Å². The van der Waals surface area contributed by atoms with E-state index in [4.69, 9.17) is 14.7 Å². The van der Waals surface area contributed by atoms with E-state index in [0.29, 0.717) is 13.0 Å². The SMILES string of the molecule is C=C(C)C(=O)OCCOC(=O)NCC1(C)CC(NC(=O)NO)CC(C)(C)C1. The molecule has 0 aliphatic heterocycles. The highest BCUT2D eigenvalue weighted by molar-refractivity contribution is 5.86. The van der Waals surface area contributed by atoms with E-state index < -0.39 is 18.1 Å². The highest BCUT2D eigenvalue weighted by Crippen LogP contribution is 2.45. The molecule has 1 saturated carbocycles. The Hall–Kier alpha value is -2.29. The van der Waals surface area contributed by atoms with E-state index in [-0.39, 0.29) is 35.7 Å². The third-order valence-corrected chi connectivity index (χ3v) is 4.44. The lowest BCUT2D eigenvalue weighted by Gasteiger charge is -2.46. The number of alkyl carbamates (subject to hydrolysis) is 1. The van der Waals surface area contributed by atoms with Crippen LogP contribution in [0.4, 0.5) is 9.59 Å². The lowest BCUT2D eigenvalue weighted by Crippen LogP contribution is -2.51. The monoisotopic (exact) mass is 385 g/mol. The zero-order valence-electron chi connectivity index (χ0n) is 16.5. The van der Waals surface area contributed by atoms with Gasteiger partial charge in [0.05, 0.1) is 0 Å². The van der Waals surface area contributed by atoms with Crippen LogP contribution < -0.4 is 16.1 Å². The van der Waals surface area contributed by atoms with Gasteiger partial charge in [0, 0.05) is 18.2 Å². The second-order valence-electron chi connectivity index (χ2n) is 8.25. The Morgan fingerprint density at radius 1 is 1.15 bits per heavy atom. The van der Waals surface area contributed by atoms with Crippen LogP contribution in [-0.2, 0) is 14.3 Å². The van der Waals surface area contributed by atoms with Crippen LogP contribution in [-0.4, -0.2) is 49.1 Å². The third-order valence-electron chi connectivity index (χ3n) is 4.44. The number of ether oxygens (including phenoxy) is 2. The topological polar surface area (TPSA) is 126 Å². The second kappa shape index (κ2) is 9.59. The van der Waals surface area contributed by atoms with Gasteiger partial charge < -0.3 is 20.1 Å². The van der Waals surface area contributed by atoms with Crippen molar-refractivity contribution in [2.45, 2.75) is 53.0 Å². The second-order valence-corrected chi connectivity index (χ2v) is 8.25. The van der Waals surface area contributed by atoms with Crippen LogP contribution in [0.1, 0.15) is 47.0 Å². The molecule has 0 spiro atoms. The summed E-state index contributed by atoms with van der Waals surface area (Å²) in [4.78, 5) is 34.5. The average Bonchev–Trinajstić information content (AvgIpc) is 2.54. The predicted octanol–water partition coefficient (Wildman–Crippen LogP) is 2.11. The number of hydroxylamine groups is 1. The molecule has 9 nitrogen and oxygen atoms in total. The summed E-state index contributed by atoms with van der Waals surface area (Å²) in [5, 5.41) is 14.2. The maximum Gasteiger partial charge on any atom is 0.407 e. The molecule has 0 heterocycles. The molecule has 1 aliphatic rings. The molecule has 9 heteroatoms. The van der Waals surface area contributed by atoms with Gasteiger partial charge in [-0.25, -0.2) is 19.9 Å². The zero-order chi connectivity index (χ0) is 20.7. The van der Waals surface area contributed by atoms with Crippen LogP contribution in [0.5, 0.6) is 0 Å². The van der Waals surface area contributed by atoms with E-state index in [0.717, 1.165) is 12.8 Å². The van der Waals surface area contributed by atoms with Crippen molar-refractivity contribution >= 4 is 18.1 Å². The maximum absolute atomic E-state index is 11.9. The van der Waals surface area contributed by atoms with Gasteiger partial charge in [0.15, 0.2) is 0 Å². The fourth-order valence-corrected chi connectivity index (χ4v) is 3.82. The summed E-state index contributed by atoms with van der Waals surface area (Å²) >= 11 is 0. The van der Waals surface area contributed by atoms with E-state index in [1.54, 1.807) is 5.48 Å².